The van der Waals surface area contributed by atoms with Crippen molar-refractivity contribution in [1.82, 2.24) is 29.9 Å². The molecule has 0 N–H and O–H groups in total. The van der Waals surface area contributed by atoms with Crippen LogP contribution in [0.5, 0.6) is 23.0 Å². The maximum absolute atomic E-state index is 7.37. The lowest BCUT2D eigenvalue weighted by Crippen LogP contribution is -2.32. The topological polar surface area (TPSA) is 95.8 Å². The van der Waals surface area contributed by atoms with Crippen molar-refractivity contribution < 1.29 is 9.47 Å². The van der Waals surface area contributed by atoms with E-state index in [2.05, 4.69) is 394 Å². The molecule has 120 heavy (non-hydrogen) atoms. The van der Waals surface area contributed by atoms with Crippen LogP contribution in [0.25, 0.3) is 168 Å². The van der Waals surface area contributed by atoms with Gasteiger partial charge in [0, 0.05) is 66.8 Å². The lowest BCUT2D eigenvalue weighted by atomic mass is 9.65. The van der Waals surface area contributed by atoms with Crippen molar-refractivity contribution in [2.75, 3.05) is 0 Å². The van der Waals surface area contributed by atoms with E-state index < -0.39 is 10.8 Å². The first-order valence-electron chi connectivity index (χ1n) is 40.8. The first kappa shape index (κ1) is 68.5. The monoisotopic (exact) mass is 1530 g/mol. The Kier molecular flexibility index (Phi) is 15.6. The molecule has 18 aromatic carbocycles. The molecule has 20 aromatic rings. The number of ether oxygens (including phenoxy) is 2. The average molecular weight is 1530 g/mol. The Hall–Kier alpha value is -15.9. The zero-order valence-corrected chi connectivity index (χ0v) is 64.8. The lowest BCUT2D eigenvalue weighted by molar-refractivity contribution is 0.438. The molecule has 2 spiro atoms. The van der Waals surface area contributed by atoms with Gasteiger partial charge >= 0.3 is 0 Å². The standard InChI is InChI=1S/C112H68N6O2/c1-4-26-69(27-5-1)77-33-22-34-79(64-77)108-115-107(76-59-54-72(55-60-76)87-40-24-48-98-103(87)119-100-50-20-18-45-95(100)111(98)92-42-15-12-36-89(92)90-37-13-16-43-93(90)111)117-110(118-108)83-67-81(70-28-6-2-7-29-70)66-82(68-83)86-39-23-47-97-102(86)91-38-14-17-44-94(91)112(97)96-46-19-21-51-101(96)120-104-88(41-25-49-99(104)112)73-52-57-75(58-53-73)106-113-105(74-31-8-3-9-32-74)114-109(116-106)80-62-63-85-78(65-80)61-56-71-30-10-11-35-84(71)85/h1-68H. The molecule has 8 heteroatoms. The minimum absolute atomic E-state index is 0.539. The zero-order valence-electron chi connectivity index (χ0n) is 64.8. The van der Waals surface area contributed by atoms with E-state index in [-0.39, 0.29) is 0 Å². The molecule has 8 nitrogen and oxygen atoms in total. The first-order valence-corrected chi connectivity index (χ1v) is 40.8. The highest BCUT2D eigenvalue weighted by atomic mass is 16.5. The van der Waals surface area contributed by atoms with Crippen molar-refractivity contribution >= 4 is 21.5 Å². The fourth-order valence-electron chi connectivity index (χ4n) is 19.6. The van der Waals surface area contributed by atoms with Gasteiger partial charge in [-0.05, 0) is 153 Å². The molecule has 2 aromatic heterocycles. The van der Waals surface area contributed by atoms with E-state index in [1.165, 1.54) is 44.0 Å². The number of hydrogen-bond donors (Lipinski definition) is 0. The van der Waals surface area contributed by atoms with E-state index in [4.69, 9.17) is 39.4 Å². The lowest BCUT2D eigenvalue weighted by Gasteiger charge is -2.40. The third-order valence-electron chi connectivity index (χ3n) is 24.9. The first-order chi connectivity index (χ1) is 59.4. The number of rotatable bonds is 11. The maximum atomic E-state index is 7.37. The Labute approximate surface area is 693 Å². The van der Waals surface area contributed by atoms with Crippen LogP contribution in [0, 0.1) is 0 Å². The summed E-state index contributed by atoms with van der Waals surface area (Å²) < 4.78 is 14.5. The van der Waals surface area contributed by atoms with Crippen LogP contribution < -0.4 is 9.47 Å². The van der Waals surface area contributed by atoms with Crippen molar-refractivity contribution in [3.05, 3.63) is 457 Å². The highest BCUT2D eigenvalue weighted by Crippen LogP contribution is 2.66. The molecular weight excluding hydrogens is 1460 g/mol. The van der Waals surface area contributed by atoms with Gasteiger partial charge in [-0.2, -0.15) is 0 Å². The Balaban J connectivity index is 0.636. The van der Waals surface area contributed by atoms with Crippen LogP contribution in [-0.4, -0.2) is 29.9 Å². The highest BCUT2D eigenvalue weighted by Gasteiger charge is 2.54. The Bertz CT molecular complexity index is 7550. The van der Waals surface area contributed by atoms with Crippen molar-refractivity contribution in [2.45, 2.75) is 10.8 Å². The van der Waals surface area contributed by atoms with E-state index in [0.717, 1.165) is 156 Å². The van der Waals surface area contributed by atoms with Gasteiger partial charge in [-0.25, -0.2) is 29.9 Å². The van der Waals surface area contributed by atoms with Crippen LogP contribution in [0.15, 0.2) is 413 Å². The van der Waals surface area contributed by atoms with E-state index >= 15 is 0 Å². The van der Waals surface area contributed by atoms with Gasteiger partial charge in [0.2, 0.25) is 0 Å². The van der Waals surface area contributed by atoms with Crippen LogP contribution in [-0.2, 0) is 10.8 Å². The molecule has 0 saturated heterocycles. The second kappa shape index (κ2) is 27.4. The molecule has 558 valence electrons. The molecule has 1 atom stereocenters. The van der Waals surface area contributed by atoms with Gasteiger partial charge in [0.05, 0.1) is 10.8 Å². The fourth-order valence-corrected chi connectivity index (χ4v) is 19.6. The molecule has 24 rings (SSSR count). The largest absolute Gasteiger partial charge is 0.456 e. The van der Waals surface area contributed by atoms with Crippen molar-refractivity contribution in [2.24, 2.45) is 0 Å². The number of benzene rings is 18. The normalized spacial score (nSPS) is 13.9. The quantitative estimate of drug-likeness (QED) is 0.118. The van der Waals surface area contributed by atoms with Crippen molar-refractivity contribution in [1.29, 1.82) is 0 Å². The van der Waals surface area contributed by atoms with Gasteiger partial charge in [0.1, 0.15) is 23.0 Å². The number of hydrogen-bond acceptors (Lipinski definition) is 8. The summed E-state index contributed by atoms with van der Waals surface area (Å²) in [5.74, 6) is 6.69. The molecule has 2 aliphatic carbocycles. The SMILES string of the molecule is c1ccc(-c2cccc(-c3nc(-c4ccc(-c5cccc6c5Oc5ccccc5C65c6ccccc6-c6ccccc65)cc4)nc(-c4cc(-c5ccccc5)cc(-c5cccc6c5-c5ccccc5C65c6ccccc6Oc6c(-c7ccc(-c8nc(-c9ccccc9)nc(-c9ccc%10c(ccc%11ccccc%11%10)c9)n8)cc7)cccc65)c4)n3)c2)cc1. The fraction of sp³-hybridized carbons (Fsp3) is 0.0179. The van der Waals surface area contributed by atoms with E-state index in [1.54, 1.807) is 0 Å². The van der Waals surface area contributed by atoms with Gasteiger partial charge < -0.3 is 9.47 Å². The van der Waals surface area contributed by atoms with Gasteiger partial charge in [0.15, 0.2) is 34.9 Å². The third-order valence-corrected chi connectivity index (χ3v) is 24.9. The number of para-hydroxylation sites is 4. The van der Waals surface area contributed by atoms with Crippen molar-refractivity contribution in [3.8, 4) is 169 Å². The summed E-state index contributed by atoms with van der Waals surface area (Å²) in [5, 5.41) is 4.72. The van der Waals surface area contributed by atoms with Crippen molar-refractivity contribution in [3.63, 3.8) is 0 Å². The second-order valence-electron chi connectivity index (χ2n) is 31.4. The summed E-state index contributed by atoms with van der Waals surface area (Å²) in [4.78, 5) is 32.2. The van der Waals surface area contributed by atoms with Crippen LogP contribution in [0.2, 0.25) is 0 Å². The van der Waals surface area contributed by atoms with E-state index in [0.29, 0.717) is 34.9 Å². The average Bonchev–Trinajstić information content (AvgIpc) is 1.49. The van der Waals surface area contributed by atoms with E-state index in [1.807, 2.05) is 18.2 Å². The van der Waals surface area contributed by atoms with Crippen LogP contribution >= 0.6 is 0 Å². The van der Waals surface area contributed by atoms with Crippen LogP contribution in [0.3, 0.4) is 0 Å². The Morgan fingerprint density at radius 2 is 0.500 bits per heavy atom. The molecule has 2 aliphatic heterocycles. The molecule has 0 amide bonds. The molecule has 0 bridgehead atoms. The minimum atomic E-state index is -0.816. The van der Waals surface area contributed by atoms with E-state index in [9.17, 15) is 0 Å². The summed E-state index contributed by atoms with van der Waals surface area (Å²) in [6.45, 7) is 0. The summed E-state index contributed by atoms with van der Waals surface area (Å²) >= 11 is 0. The van der Waals surface area contributed by atoms with Crippen LogP contribution in [0.4, 0.5) is 0 Å². The second-order valence-corrected chi connectivity index (χ2v) is 31.4. The molecule has 0 saturated carbocycles. The predicted molar refractivity (Wildman–Crippen MR) is 483 cm³/mol. The highest BCUT2D eigenvalue weighted by molar-refractivity contribution is 6.08. The molecular formula is C112H68N6O2. The smallest absolute Gasteiger partial charge is 0.164 e. The van der Waals surface area contributed by atoms with Gasteiger partial charge in [-0.1, -0.05) is 370 Å². The predicted octanol–water partition coefficient (Wildman–Crippen LogP) is 27.6. The summed E-state index contributed by atoms with van der Waals surface area (Å²) in [7, 11) is 0. The molecule has 1 unspecified atom stereocenters. The van der Waals surface area contributed by atoms with Crippen LogP contribution in [0.1, 0.15) is 44.5 Å². The molecule has 4 aliphatic rings. The summed E-state index contributed by atoms with van der Waals surface area (Å²) in [6.07, 6.45) is 0. The zero-order chi connectivity index (χ0) is 79.0. The Morgan fingerprint density at radius 1 is 0.167 bits per heavy atom. The third kappa shape index (κ3) is 10.7. The number of nitrogens with zero attached hydrogens (tertiary/aromatic N) is 6. The number of fused-ring (bicyclic) bond motifs is 21. The maximum Gasteiger partial charge on any atom is 0.164 e. The molecule has 4 heterocycles. The number of aromatic nitrogens is 6. The van der Waals surface area contributed by atoms with Gasteiger partial charge in [-0.3, -0.25) is 0 Å². The minimum Gasteiger partial charge on any atom is -0.456 e. The molecule has 0 fully saturated rings. The summed E-state index contributed by atoms with van der Waals surface area (Å²) in [6, 6.07) is 147. The molecule has 0 radical (unpaired) electrons. The van der Waals surface area contributed by atoms with Gasteiger partial charge in [0.25, 0.3) is 0 Å². The summed E-state index contributed by atoms with van der Waals surface area (Å²) in [5.41, 5.74) is 28.0. The Morgan fingerprint density at radius 3 is 1.07 bits per heavy atom. The van der Waals surface area contributed by atoms with Gasteiger partial charge in [-0.15, -0.1) is 0 Å².